The molecule has 1 heterocycles. The number of carbonyl (C=O) groups is 3. The Morgan fingerprint density at radius 3 is 1.53 bits per heavy atom. The second-order valence-electron chi connectivity index (χ2n) is 9.84. The number of amides is 1. The Morgan fingerprint density at radius 1 is 0.744 bits per heavy atom. The molecule has 43 heavy (non-hydrogen) atoms. The van der Waals surface area contributed by atoms with Gasteiger partial charge in [-0.3, -0.25) is 4.90 Å². The molecule has 0 spiro atoms. The van der Waals surface area contributed by atoms with E-state index in [0.29, 0.717) is 65.8 Å². The maximum atomic E-state index is 11.9. The van der Waals surface area contributed by atoms with Gasteiger partial charge in [-0.05, 0) is 32.9 Å². The molecule has 1 aliphatic rings. The van der Waals surface area contributed by atoms with E-state index in [1.165, 1.54) is 0 Å². The van der Waals surface area contributed by atoms with Crippen LogP contribution in [0.15, 0.2) is 12.1 Å². The summed E-state index contributed by atoms with van der Waals surface area (Å²) in [5.41, 5.74) is -1.75. The Balaban J connectivity index is 0.00000882. The van der Waals surface area contributed by atoms with Crippen molar-refractivity contribution in [3.05, 3.63) is 23.3 Å². The summed E-state index contributed by atoms with van der Waals surface area (Å²) in [6.07, 6.45) is -0.474. The van der Waals surface area contributed by atoms with Crippen LogP contribution in [0.25, 0.3) is 0 Å². The number of nitrogens with zero attached hydrogens (tertiary/aromatic N) is 1. The van der Waals surface area contributed by atoms with Crippen molar-refractivity contribution in [3.63, 3.8) is 0 Å². The Bertz CT molecular complexity index is 919. The van der Waals surface area contributed by atoms with Crippen LogP contribution in [0.4, 0.5) is 4.79 Å². The fourth-order valence-corrected chi connectivity index (χ4v) is 3.54. The number of benzene rings is 1. The van der Waals surface area contributed by atoms with Crippen LogP contribution in [-0.2, 0) is 23.7 Å². The number of carboxylic acid groups (broad SMARTS) is 2. The second-order valence-corrected chi connectivity index (χ2v) is 9.84. The van der Waals surface area contributed by atoms with Gasteiger partial charge in [0.05, 0.1) is 64.8 Å². The zero-order valence-electron chi connectivity index (χ0n) is 25.9. The second kappa shape index (κ2) is 22.5. The SMILES string of the molecule is CC(C)(C)OC(=O)NCCN1CCOCCOCCOc2cc(C(=O)[O-])c(C(=O)[O-])cc2OCCOCCOCC1.[Li+].[Li+]. The number of hydrogen-bond acceptors (Lipinski definition) is 13. The molecule has 2 rings (SSSR count). The Hall–Kier alpha value is -1.98. The van der Waals surface area contributed by atoms with Gasteiger partial charge in [-0.25, -0.2) is 4.79 Å². The van der Waals surface area contributed by atoms with Crippen molar-refractivity contribution in [2.45, 2.75) is 26.4 Å². The molecule has 14 nitrogen and oxygen atoms in total. The molecule has 0 radical (unpaired) electrons. The molecule has 0 saturated heterocycles. The van der Waals surface area contributed by atoms with E-state index >= 15 is 0 Å². The normalized spacial score (nSPS) is 16.7. The van der Waals surface area contributed by atoms with Crippen molar-refractivity contribution in [2.24, 2.45) is 0 Å². The molecule has 0 fully saturated rings. The molecule has 1 N–H and O–H groups in total. The summed E-state index contributed by atoms with van der Waals surface area (Å²) in [7, 11) is 0. The Morgan fingerprint density at radius 2 is 1.14 bits per heavy atom. The van der Waals surface area contributed by atoms with Crippen molar-refractivity contribution in [1.82, 2.24) is 10.2 Å². The molecular weight excluding hydrogens is 558 g/mol. The monoisotopic (exact) mass is 598 g/mol. The van der Waals surface area contributed by atoms with Gasteiger partial charge in [0.15, 0.2) is 11.5 Å². The van der Waals surface area contributed by atoms with Crippen LogP contribution in [-0.4, -0.2) is 121 Å². The standard InChI is InChI=1S/C27H42N2O12.2Li/c1-27(2,3)41-26(34)28-4-5-29-6-8-35-10-12-37-14-16-39-22-18-20(24(30)31)21(25(32)33)19-23(22)40-17-15-38-13-11-36-9-7-29;;/h18-19H,4-17H2,1-3H3,(H,28,34)(H,30,31)(H,32,33);;/q;2*+1/p-2. The van der Waals surface area contributed by atoms with E-state index in [9.17, 15) is 24.6 Å². The number of aromatic carboxylic acids is 2. The van der Waals surface area contributed by atoms with Crippen LogP contribution >= 0.6 is 0 Å². The molecule has 1 aliphatic heterocycles. The van der Waals surface area contributed by atoms with Gasteiger partial charge in [0.2, 0.25) is 0 Å². The van der Waals surface area contributed by atoms with Gasteiger partial charge >= 0.3 is 43.8 Å². The van der Waals surface area contributed by atoms with Crippen LogP contribution in [0.5, 0.6) is 11.5 Å². The van der Waals surface area contributed by atoms with Gasteiger partial charge in [0.25, 0.3) is 0 Å². The average Bonchev–Trinajstić information content (AvgIpc) is 2.89. The van der Waals surface area contributed by atoms with E-state index in [1.54, 1.807) is 20.8 Å². The minimum atomic E-state index is -1.69. The molecule has 0 aromatic heterocycles. The minimum Gasteiger partial charge on any atom is -0.545 e. The van der Waals surface area contributed by atoms with Crippen LogP contribution < -0.4 is 62.7 Å². The third-order valence-corrected chi connectivity index (χ3v) is 5.44. The fourth-order valence-electron chi connectivity index (χ4n) is 3.54. The third-order valence-electron chi connectivity index (χ3n) is 5.44. The Labute approximate surface area is 276 Å². The van der Waals surface area contributed by atoms with Crippen LogP contribution in [0, 0.1) is 0 Å². The van der Waals surface area contributed by atoms with Crippen molar-refractivity contribution in [1.29, 1.82) is 0 Å². The molecule has 0 aliphatic carbocycles. The van der Waals surface area contributed by atoms with E-state index in [1.807, 2.05) is 0 Å². The number of rotatable bonds is 5. The van der Waals surface area contributed by atoms with E-state index in [-0.39, 0.29) is 75.6 Å². The van der Waals surface area contributed by atoms with Crippen LogP contribution in [0.2, 0.25) is 0 Å². The smallest absolute Gasteiger partial charge is 0.545 e. The van der Waals surface area contributed by atoms with E-state index in [4.69, 9.17) is 33.2 Å². The number of hydrogen-bond donors (Lipinski definition) is 1. The summed E-state index contributed by atoms with van der Waals surface area (Å²) in [6, 6.07) is 2.05. The summed E-state index contributed by atoms with van der Waals surface area (Å²) in [5.74, 6) is -3.34. The molecule has 232 valence electrons. The summed E-state index contributed by atoms with van der Waals surface area (Å²) < 4.78 is 38.8. The first-order chi connectivity index (χ1) is 19.6. The van der Waals surface area contributed by atoms with Gasteiger partial charge in [-0.15, -0.1) is 0 Å². The molecule has 0 unspecified atom stereocenters. The quantitative estimate of drug-likeness (QED) is 0.317. The number of ether oxygens (including phenoxy) is 7. The minimum absolute atomic E-state index is 0. The van der Waals surface area contributed by atoms with E-state index in [2.05, 4.69) is 10.2 Å². The number of carbonyl (C=O) groups excluding carboxylic acids is 3. The first-order valence-electron chi connectivity index (χ1n) is 13.4. The van der Waals surface area contributed by atoms with Gasteiger partial charge in [-0.2, -0.15) is 0 Å². The van der Waals surface area contributed by atoms with Gasteiger partial charge < -0.3 is 58.3 Å². The number of nitrogens with one attached hydrogen (secondary N) is 1. The summed E-state index contributed by atoms with van der Waals surface area (Å²) >= 11 is 0. The van der Waals surface area contributed by atoms with Crippen molar-refractivity contribution < 1.29 is 95.5 Å². The topological polar surface area (TPSA) is 177 Å². The van der Waals surface area contributed by atoms with Crippen molar-refractivity contribution in [2.75, 3.05) is 92.2 Å². The molecule has 1 amide bonds. The fraction of sp³-hybridized carbons (Fsp3) is 0.667. The number of carboxylic acids is 2. The van der Waals surface area contributed by atoms with Gasteiger partial charge in [0, 0.05) is 37.3 Å². The van der Waals surface area contributed by atoms with Gasteiger partial charge in [0.1, 0.15) is 18.8 Å². The number of fused-ring (bicyclic) bond motifs is 1. The molecule has 1 aromatic rings. The van der Waals surface area contributed by atoms with Crippen LogP contribution in [0.1, 0.15) is 41.5 Å². The first-order valence-corrected chi connectivity index (χ1v) is 13.4. The maximum Gasteiger partial charge on any atom is 1.00 e. The molecule has 16 heteroatoms. The van der Waals surface area contributed by atoms with Crippen molar-refractivity contribution >= 4 is 18.0 Å². The zero-order valence-corrected chi connectivity index (χ0v) is 25.9. The van der Waals surface area contributed by atoms with Gasteiger partial charge in [-0.1, -0.05) is 0 Å². The van der Waals surface area contributed by atoms with E-state index in [0.717, 1.165) is 12.1 Å². The predicted molar refractivity (Wildman–Crippen MR) is 140 cm³/mol. The summed E-state index contributed by atoms with van der Waals surface area (Å²) in [6.45, 7) is 10.1. The van der Waals surface area contributed by atoms with E-state index < -0.39 is 34.8 Å². The molecule has 0 bridgehead atoms. The first kappa shape index (κ1) is 41.0. The maximum absolute atomic E-state index is 11.9. The largest absolute Gasteiger partial charge is 1.00 e. The van der Waals surface area contributed by atoms with Crippen molar-refractivity contribution in [3.8, 4) is 11.5 Å². The molecule has 0 atom stereocenters. The molecule has 0 saturated carbocycles. The summed E-state index contributed by atoms with van der Waals surface area (Å²) in [5, 5.41) is 25.6. The molecule has 1 aromatic carbocycles. The average molecular weight is 599 g/mol. The molecular formula is C27H40Li2N2O12. The summed E-state index contributed by atoms with van der Waals surface area (Å²) in [4.78, 5) is 36.9. The Kier molecular flexibility index (Phi) is 21.5. The zero-order chi connectivity index (χ0) is 30.1. The third kappa shape index (κ3) is 17.8. The predicted octanol–water partition coefficient (Wildman–Crippen LogP) is -6.91. The van der Waals surface area contributed by atoms with Crippen LogP contribution in [0.3, 0.4) is 0 Å². The number of alkyl carbamates (subject to hydrolysis) is 1.